The fourth-order valence-corrected chi connectivity index (χ4v) is 4.60. The summed E-state index contributed by atoms with van der Waals surface area (Å²) in [6.45, 7) is 0. The molecule has 1 aliphatic carbocycles. The summed E-state index contributed by atoms with van der Waals surface area (Å²) in [5, 5.41) is 4.81. The first kappa shape index (κ1) is 22.6. The predicted octanol–water partition coefficient (Wildman–Crippen LogP) is 5.53. The minimum Gasteiger partial charge on any atom is -0.351 e. The van der Waals surface area contributed by atoms with Crippen molar-refractivity contribution in [3.63, 3.8) is 0 Å². The number of hydrogen-bond donors (Lipinski definition) is 1. The van der Waals surface area contributed by atoms with Gasteiger partial charge in [-0.2, -0.15) is 13.2 Å². The van der Waals surface area contributed by atoms with Gasteiger partial charge in [0.15, 0.2) is 0 Å². The number of nitrogens with zero attached hydrogens (tertiary/aromatic N) is 1. The Balaban J connectivity index is 1.96. The lowest BCUT2D eigenvalue weighted by Gasteiger charge is -2.32. The van der Waals surface area contributed by atoms with Crippen molar-refractivity contribution in [3.8, 4) is 0 Å². The molecule has 3 rings (SSSR count). The molecule has 0 spiro atoms. The van der Waals surface area contributed by atoms with Crippen LogP contribution in [0.5, 0.6) is 0 Å². The molecule has 1 N–H and O–H groups in total. The highest BCUT2D eigenvalue weighted by Crippen LogP contribution is 2.34. The average Bonchev–Trinajstić information content (AvgIpc) is 3.25. The lowest BCUT2D eigenvalue weighted by Crippen LogP contribution is -2.47. The van der Waals surface area contributed by atoms with Crippen molar-refractivity contribution in [1.82, 2.24) is 5.32 Å². The van der Waals surface area contributed by atoms with E-state index in [-0.39, 0.29) is 17.6 Å². The van der Waals surface area contributed by atoms with Crippen LogP contribution in [0.1, 0.15) is 48.6 Å². The molecular weight excluding hydrogens is 437 g/mol. The van der Waals surface area contributed by atoms with Gasteiger partial charge < -0.3 is 5.32 Å². The molecule has 0 aliphatic heterocycles. The van der Waals surface area contributed by atoms with E-state index in [1.807, 2.05) is 0 Å². The van der Waals surface area contributed by atoms with Crippen LogP contribution < -0.4 is 10.2 Å². The van der Waals surface area contributed by atoms with Gasteiger partial charge >= 0.3 is 6.18 Å². The Morgan fingerprint density at radius 1 is 1.13 bits per heavy atom. The SMILES string of the molecule is O=C(NC1CCCCC1)C(c1cccs1)N(C(=O)CCl)c1ccc(C(F)(F)F)cc1. The van der Waals surface area contributed by atoms with Gasteiger partial charge in [-0.25, -0.2) is 0 Å². The van der Waals surface area contributed by atoms with Crippen LogP contribution in [0.15, 0.2) is 41.8 Å². The second kappa shape index (κ2) is 9.83. The lowest BCUT2D eigenvalue weighted by molar-refractivity contribution is -0.137. The van der Waals surface area contributed by atoms with Crippen LogP contribution in [0.3, 0.4) is 0 Å². The van der Waals surface area contributed by atoms with Crippen molar-refractivity contribution < 1.29 is 22.8 Å². The standard InChI is InChI=1S/C21H22ClF3N2O2S/c22-13-18(28)27(16-10-8-14(9-11-16)21(23,24)25)19(17-7-4-12-30-17)20(29)26-15-5-2-1-3-6-15/h4,7-12,15,19H,1-3,5-6,13H2,(H,26,29). The highest BCUT2D eigenvalue weighted by molar-refractivity contribution is 7.10. The molecule has 0 radical (unpaired) electrons. The topological polar surface area (TPSA) is 49.4 Å². The van der Waals surface area contributed by atoms with Gasteiger partial charge in [0, 0.05) is 16.6 Å². The van der Waals surface area contributed by atoms with Crippen LogP contribution in [0.2, 0.25) is 0 Å². The molecule has 1 fully saturated rings. The van der Waals surface area contributed by atoms with Gasteiger partial charge in [0.1, 0.15) is 11.9 Å². The molecule has 4 nitrogen and oxygen atoms in total. The van der Waals surface area contributed by atoms with Gasteiger partial charge in [0.2, 0.25) is 11.8 Å². The van der Waals surface area contributed by atoms with Crippen LogP contribution in [-0.4, -0.2) is 23.7 Å². The van der Waals surface area contributed by atoms with Crippen molar-refractivity contribution in [2.45, 2.75) is 50.4 Å². The van der Waals surface area contributed by atoms with E-state index in [2.05, 4.69) is 5.32 Å². The van der Waals surface area contributed by atoms with Crippen LogP contribution in [-0.2, 0) is 15.8 Å². The Morgan fingerprint density at radius 2 is 1.80 bits per heavy atom. The number of benzene rings is 1. The zero-order chi connectivity index (χ0) is 21.7. The number of amides is 2. The molecule has 9 heteroatoms. The van der Waals surface area contributed by atoms with Crippen molar-refractivity contribution >= 4 is 40.4 Å². The molecule has 2 amide bonds. The lowest BCUT2D eigenvalue weighted by atomic mass is 9.95. The second-order valence-corrected chi connectivity index (χ2v) is 8.45. The van der Waals surface area contributed by atoms with E-state index in [0.717, 1.165) is 44.2 Å². The molecule has 30 heavy (non-hydrogen) atoms. The quantitative estimate of drug-likeness (QED) is 0.579. The van der Waals surface area contributed by atoms with Gasteiger partial charge in [-0.15, -0.1) is 22.9 Å². The summed E-state index contributed by atoms with van der Waals surface area (Å²) >= 11 is 7.10. The zero-order valence-electron chi connectivity index (χ0n) is 16.1. The number of halogens is 4. The van der Waals surface area contributed by atoms with Gasteiger partial charge in [0.25, 0.3) is 0 Å². The highest BCUT2D eigenvalue weighted by Gasteiger charge is 2.35. The van der Waals surface area contributed by atoms with Crippen molar-refractivity contribution in [1.29, 1.82) is 0 Å². The van der Waals surface area contributed by atoms with Crippen LogP contribution in [0.25, 0.3) is 0 Å². The molecule has 0 saturated heterocycles. The molecule has 1 aliphatic rings. The van der Waals surface area contributed by atoms with E-state index in [1.54, 1.807) is 17.5 Å². The Labute approximate surface area is 182 Å². The first-order valence-electron chi connectivity index (χ1n) is 9.70. The maximum Gasteiger partial charge on any atom is 0.416 e. The molecule has 0 bridgehead atoms. The summed E-state index contributed by atoms with van der Waals surface area (Å²) in [5.74, 6) is -1.32. The Kier molecular flexibility index (Phi) is 7.41. The van der Waals surface area contributed by atoms with E-state index in [9.17, 15) is 22.8 Å². The monoisotopic (exact) mass is 458 g/mol. The van der Waals surface area contributed by atoms with E-state index in [1.165, 1.54) is 28.4 Å². The summed E-state index contributed by atoms with van der Waals surface area (Å²) in [6.07, 6.45) is 0.420. The number of anilines is 1. The summed E-state index contributed by atoms with van der Waals surface area (Å²) in [5.41, 5.74) is -0.644. The fourth-order valence-electron chi connectivity index (χ4n) is 3.66. The number of rotatable bonds is 6. The maximum atomic E-state index is 13.2. The van der Waals surface area contributed by atoms with E-state index < -0.39 is 29.6 Å². The van der Waals surface area contributed by atoms with Crippen molar-refractivity contribution in [2.24, 2.45) is 0 Å². The maximum absolute atomic E-state index is 13.2. The number of carbonyl (C=O) groups excluding carboxylic acids is 2. The third kappa shape index (κ3) is 5.35. The van der Waals surface area contributed by atoms with Gasteiger partial charge in [-0.3, -0.25) is 14.5 Å². The van der Waals surface area contributed by atoms with Crippen LogP contribution in [0, 0.1) is 0 Å². The molecule has 1 aromatic heterocycles. The molecule has 1 unspecified atom stereocenters. The summed E-state index contributed by atoms with van der Waals surface area (Å²) in [4.78, 5) is 27.8. The first-order chi connectivity index (χ1) is 14.3. The number of thiophene rings is 1. The number of hydrogen-bond acceptors (Lipinski definition) is 3. The molecule has 1 atom stereocenters. The number of carbonyl (C=O) groups is 2. The molecule has 1 saturated carbocycles. The third-order valence-electron chi connectivity index (χ3n) is 5.13. The fraction of sp³-hybridized carbons (Fsp3) is 0.429. The highest BCUT2D eigenvalue weighted by atomic mass is 35.5. The first-order valence-corrected chi connectivity index (χ1v) is 11.1. The van der Waals surface area contributed by atoms with E-state index >= 15 is 0 Å². The van der Waals surface area contributed by atoms with Crippen molar-refractivity contribution in [2.75, 3.05) is 10.8 Å². The van der Waals surface area contributed by atoms with Gasteiger partial charge in [-0.05, 0) is 48.6 Å². The summed E-state index contributed by atoms with van der Waals surface area (Å²) in [6, 6.07) is 6.70. The predicted molar refractivity (Wildman–Crippen MR) is 112 cm³/mol. The largest absolute Gasteiger partial charge is 0.416 e. The summed E-state index contributed by atoms with van der Waals surface area (Å²) < 4.78 is 38.9. The molecular formula is C21H22ClF3N2O2S. The third-order valence-corrected chi connectivity index (χ3v) is 6.28. The minimum atomic E-state index is -4.49. The Morgan fingerprint density at radius 3 is 2.33 bits per heavy atom. The number of alkyl halides is 4. The van der Waals surface area contributed by atoms with Gasteiger partial charge in [-0.1, -0.05) is 25.3 Å². The Bertz CT molecular complexity index is 850. The van der Waals surface area contributed by atoms with Crippen molar-refractivity contribution in [3.05, 3.63) is 52.2 Å². The van der Waals surface area contributed by atoms with E-state index in [4.69, 9.17) is 11.6 Å². The minimum absolute atomic E-state index is 0.0225. The molecule has 1 heterocycles. The van der Waals surface area contributed by atoms with Gasteiger partial charge in [0.05, 0.1) is 5.56 Å². The zero-order valence-corrected chi connectivity index (χ0v) is 17.7. The molecule has 2 aromatic rings. The number of nitrogens with one attached hydrogen (secondary N) is 1. The summed E-state index contributed by atoms with van der Waals surface area (Å²) in [7, 11) is 0. The van der Waals surface area contributed by atoms with E-state index in [0.29, 0.717) is 4.88 Å². The molecule has 1 aromatic carbocycles. The second-order valence-electron chi connectivity index (χ2n) is 7.20. The van der Waals surface area contributed by atoms with Crippen LogP contribution in [0.4, 0.5) is 18.9 Å². The molecule has 162 valence electrons. The smallest absolute Gasteiger partial charge is 0.351 e. The Hall–Kier alpha value is -2.06. The average molecular weight is 459 g/mol. The normalized spacial score (nSPS) is 16.1. The van der Waals surface area contributed by atoms with Crippen LogP contribution >= 0.6 is 22.9 Å².